The Kier molecular flexibility index (Phi) is 5.34. The molecule has 1 amide bonds. The minimum Gasteiger partial charge on any atom is -0.484 e. The van der Waals surface area contributed by atoms with Gasteiger partial charge in [0.05, 0.1) is 0 Å². The third kappa shape index (κ3) is 4.37. The van der Waals surface area contributed by atoms with Gasteiger partial charge in [0, 0.05) is 17.5 Å². The number of amides is 1. The predicted octanol–water partition coefficient (Wildman–Crippen LogP) is 3.08. The number of benzene rings is 1. The molecule has 0 spiro atoms. The maximum Gasteiger partial charge on any atom is 0.336 e. The van der Waals surface area contributed by atoms with Crippen molar-refractivity contribution in [1.29, 1.82) is 0 Å². The zero-order valence-corrected chi connectivity index (χ0v) is 15.2. The van der Waals surface area contributed by atoms with E-state index in [9.17, 15) is 9.59 Å². The van der Waals surface area contributed by atoms with Gasteiger partial charge in [-0.3, -0.25) is 10.1 Å². The second-order valence-electron chi connectivity index (χ2n) is 5.05. The number of fused-ring (bicyclic) bond motifs is 1. The van der Waals surface area contributed by atoms with Crippen LogP contribution in [-0.2, 0) is 4.79 Å². The lowest BCUT2D eigenvalue weighted by molar-refractivity contribution is -0.118. The first-order valence-corrected chi connectivity index (χ1v) is 9.29. The Labute approximate surface area is 151 Å². The highest BCUT2D eigenvalue weighted by Gasteiger charge is 2.10. The van der Waals surface area contributed by atoms with Crippen molar-refractivity contribution in [2.24, 2.45) is 0 Å². The van der Waals surface area contributed by atoms with Gasteiger partial charge in [-0.15, -0.1) is 10.2 Å². The van der Waals surface area contributed by atoms with Gasteiger partial charge in [-0.2, -0.15) is 0 Å². The standard InChI is InChI=1S/C16H15N3O4S2/c1-3-24-16-19-18-15(25-16)17-13(20)8-22-10-4-5-11-9(2)6-14(21)23-12(11)7-10/h4-7H,3,8H2,1-2H3,(H,17,18,20). The lowest BCUT2D eigenvalue weighted by Gasteiger charge is -2.07. The first-order chi connectivity index (χ1) is 12.0. The van der Waals surface area contributed by atoms with E-state index in [-0.39, 0.29) is 12.5 Å². The molecular weight excluding hydrogens is 362 g/mol. The molecule has 0 fully saturated rings. The van der Waals surface area contributed by atoms with Crippen LogP contribution in [0.2, 0.25) is 0 Å². The molecule has 1 aromatic carbocycles. The fraction of sp³-hybridized carbons (Fsp3) is 0.250. The van der Waals surface area contributed by atoms with E-state index in [4.69, 9.17) is 9.15 Å². The summed E-state index contributed by atoms with van der Waals surface area (Å²) in [4.78, 5) is 23.4. The molecule has 0 atom stereocenters. The third-order valence-electron chi connectivity index (χ3n) is 3.21. The average molecular weight is 377 g/mol. The molecule has 25 heavy (non-hydrogen) atoms. The van der Waals surface area contributed by atoms with Gasteiger partial charge in [0.15, 0.2) is 10.9 Å². The highest BCUT2D eigenvalue weighted by atomic mass is 32.2. The minimum atomic E-state index is -0.420. The summed E-state index contributed by atoms with van der Waals surface area (Å²) < 4.78 is 11.4. The van der Waals surface area contributed by atoms with Crippen LogP contribution in [-0.4, -0.2) is 28.5 Å². The summed E-state index contributed by atoms with van der Waals surface area (Å²) in [7, 11) is 0. The molecule has 3 rings (SSSR count). The Hall–Kier alpha value is -2.39. The van der Waals surface area contributed by atoms with Gasteiger partial charge >= 0.3 is 5.63 Å². The van der Waals surface area contributed by atoms with Crippen LogP contribution >= 0.6 is 23.1 Å². The predicted molar refractivity (Wildman–Crippen MR) is 97.7 cm³/mol. The third-order valence-corrected chi connectivity index (χ3v) is 5.07. The molecule has 2 aromatic heterocycles. The number of carbonyl (C=O) groups is 1. The lowest BCUT2D eigenvalue weighted by atomic mass is 10.1. The van der Waals surface area contributed by atoms with Gasteiger partial charge in [0.1, 0.15) is 11.3 Å². The van der Waals surface area contributed by atoms with Crippen molar-refractivity contribution in [3.63, 3.8) is 0 Å². The number of hydrogen-bond acceptors (Lipinski definition) is 8. The molecular formula is C16H15N3O4S2. The number of anilines is 1. The van der Waals surface area contributed by atoms with Crippen LogP contribution in [0.5, 0.6) is 5.75 Å². The number of aromatic nitrogens is 2. The molecule has 2 heterocycles. The van der Waals surface area contributed by atoms with E-state index in [0.29, 0.717) is 16.5 Å². The van der Waals surface area contributed by atoms with Crippen molar-refractivity contribution >= 4 is 45.1 Å². The summed E-state index contributed by atoms with van der Waals surface area (Å²) in [5.74, 6) is 0.995. The number of rotatable bonds is 6. The van der Waals surface area contributed by atoms with Crippen molar-refractivity contribution < 1.29 is 13.9 Å². The Morgan fingerprint density at radius 2 is 2.20 bits per heavy atom. The number of ether oxygens (including phenoxy) is 1. The summed E-state index contributed by atoms with van der Waals surface area (Å²) in [6, 6.07) is 6.55. The molecule has 0 radical (unpaired) electrons. The zero-order valence-electron chi connectivity index (χ0n) is 13.6. The van der Waals surface area contributed by atoms with Crippen LogP contribution in [0.3, 0.4) is 0 Å². The highest BCUT2D eigenvalue weighted by Crippen LogP contribution is 2.25. The number of thioether (sulfide) groups is 1. The summed E-state index contributed by atoms with van der Waals surface area (Å²) in [6.45, 7) is 3.67. The van der Waals surface area contributed by atoms with Crippen LogP contribution in [0, 0.1) is 6.92 Å². The molecule has 1 N–H and O–H groups in total. The van der Waals surface area contributed by atoms with Gasteiger partial charge in [0.2, 0.25) is 5.13 Å². The van der Waals surface area contributed by atoms with Crippen LogP contribution in [0.4, 0.5) is 5.13 Å². The molecule has 130 valence electrons. The first-order valence-electron chi connectivity index (χ1n) is 7.48. The quantitative estimate of drug-likeness (QED) is 0.401. The maximum atomic E-state index is 11.9. The van der Waals surface area contributed by atoms with Gasteiger partial charge < -0.3 is 9.15 Å². The lowest BCUT2D eigenvalue weighted by Crippen LogP contribution is -2.20. The van der Waals surface area contributed by atoms with Crippen LogP contribution in [0.25, 0.3) is 11.0 Å². The van der Waals surface area contributed by atoms with Crippen LogP contribution < -0.4 is 15.7 Å². The van der Waals surface area contributed by atoms with Crippen LogP contribution in [0.1, 0.15) is 12.5 Å². The van der Waals surface area contributed by atoms with Crippen LogP contribution in [0.15, 0.2) is 37.8 Å². The summed E-state index contributed by atoms with van der Waals surface area (Å²) in [6.07, 6.45) is 0. The smallest absolute Gasteiger partial charge is 0.336 e. The molecule has 0 unspecified atom stereocenters. The van der Waals surface area contributed by atoms with Crippen molar-refractivity contribution in [3.05, 3.63) is 40.2 Å². The normalized spacial score (nSPS) is 10.8. The largest absolute Gasteiger partial charge is 0.484 e. The molecule has 0 saturated heterocycles. The minimum absolute atomic E-state index is 0.183. The summed E-state index contributed by atoms with van der Waals surface area (Å²) in [5.41, 5.74) is 0.831. The second-order valence-corrected chi connectivity index (χ2v) is 7.54. The molecule has 3 aromatic rings. The van der Waals surface area contributed by atoms with Gasteiger partial charge in [0.25, 0.3) is 5.91 Å². The Balaban J connectivity index is 1.63. The van der Waals surface area contributed by atoms with E-state index in [1.54, 1.807) is 30.0 Å². The number of aryl methyl sites for hydroxylation is 1. The topological polar surface area (TPSA) is 94.3 Å². The van der Waals surface area contributed by atoms with E-state index in [1.807, 2.05) is 13.8 Å². The van der Waals surface area contributed by atoms with Gasteiger partial charge in [-0.25, -0.2) is 4.79 Å². The molecule has 0 aliphatic heterocycles. The fourth-order valence-corrected chi connectivity index (χ4v) is 3.81. The molecule has 0 saturated carbocycles. The van der Waals surface area contributed by atoms with Crippen molar-refractivity contribution in [2.45, 2.75) is 18.2 Å². The molecule has 9 heteroatoms. The number of nitrogens with one attached hydrogen (secondary N) is 1. The monoisotopic (exact) mass is 377 g/mol. The van der Waals surface area contributed by atoms with E-state index in [2.05, 4.69) is 15.5 Å². The summed E-state index contributed by atoms with van der Waals surface area (Å²) in [5, 5.41) is 11.8. The van der Waals surface area contributed by atoms with E-state index >= 15 is 0 Å². The molecule has 0 aliphatic carbocycles. The Bertz CT molecular complexity index is 967. The fourth-order valence-electron chi connectivity index (χ4n) is 2.14. The molecule has 0 bridgehead atoms. The van der Waals surface area contributed by atoms with Crippen molar-refractivity contribution in [2.75, 3.05) is 17.7 Å². The highest BCUT2D eigenvalue weighted by molar-refractivity contribution is 8.01. The molecule has 0 aliphatic rings. The van der Waals surface area contributed by atoms with E-state index in [0.717, 1.165) is 21.0 Å². The van der Waals surface area contributed by atoms with E-state index in [1.165, 1.54) is 17.4 Å². The molecule has 7 nitrogen and oxygen atoms in total. The number of carbonyl (C=O) groups excluding carboxylic acids is 1. The van der Waals surface area contributed by atoms with Gasteiger partial charge in [-0.1, -0.05) is 30.0 Å². The average Bonchev–Trinajstić information content (AvgIpc) is 3.00. The summed E-state index contributed by atoms with van der Waals surface area (Å²) >= 11 is 2.88. The van der Waals surface area contributed by atoms with Crippen molar-refractivity contribution in [3.8, 4) is 5.75 Å². The second kappa shape index (κ2) is 7.66. The number of nitrogens with zero attached hydrogens (tertiary/aromatic N) is 2. The van der Waals surface area contributed by atoms with E-state index < -0.39 is 5.63 Å². The first kappa shape index (κ1) is 17.4. The van der Waals surface area contributed by atoms with Crippen molar-refractivity contribution in [1.82, 2.24) is 10.2 Å². The zero-order chi connectivity index (χ0) is 17.8. The SMILES string of the molecule is CCSc1nnc(NC(=O)COc2ccc3c(C)cc(=O)oc3c2)s1. The Morgan fingerprint density at radius 3 is 3.00 bits per heavy atom. The maximum absolute atomic E-state index is 11.9. The number of hydrogen-bond donors (Lipinski definition) is 1. The Morgan fingerprint density at radius 1 is 1.36 bits per heavy atom. The van der Waals surface area contributed by atoms with Gasteiger partial charge in [-0.05, 0) is 30.4 Å².